The van der Waals surface area contributed by atoms with Crippen LogP contribution in [-0.2, 0) is 0 Å². The van der Waals surface area contributed by atoms with E-state index in [1.165, 1.54) is 12.8 Å². The molecule has 1 unspecified atom stereocenters. The minimum Gasteiger partial charge on any atom is -0.391 e. The topological polar surface area (TPSA) is 46.2 Å². The highest BCUT2D eigenvalue weighted by Gasteiger charge is 2.31. The zero-order valence-corrected chi connectivity index (χ0v) is 5.17. The average Bonchev–Trinajstić information content (AvgIpc) is 2.43. The van der Waals surface area contributed by atoms with Crippen LogP contribution in [0.1, 0.15) is 19.8 Å². The van der Waals surface area contributed by atoms with Crippen molar-refractivity contribution in [3.63, 3.8) is 0 Å². The summed E-state index contributed by atoms with van der Waals surface area (Å²) in [5.74, 6) is 0.523. The maximum absolute atomic E-state index is 9.14. The molecular weight excluding hydrogens is 102 g/mol. The molecule has 2 nitrogen and oxygen atoms in total. The molecule has 48 valence electrons. The first-order valence-electron chi connectivity index (χ1n) is 3.15. The second-order valence-corrected chi connectivity index (χ2v) is 2.69. The van der Waals surface area contributed by atoms with E-state index in [0.29, 0.717) is 5.92 Å². The van der Waals surface area contributed by atoms with Gasteiger partial charge >= 0.3 is 0 Å². The van der Waals surface area contributed by atoms with Crippen LogP contribution in [0.3, 0.4) is 0 Å². The molecule has 3 N–H and O–H groups in total. The van der Waals surface area contributed by atoms with Gasteiger partial charge in [0, 0.05) is 6.04 Å². The monoisotopic (exact) mass is 115 g/mol. The van der Waals surface area contributed by atoms with Crippen molar-refractivity contribution in [1.82, 2.24) is 0 Å². The molecule has 1 aliphatic carbocycles. The van der Waals surface area contributed by atoms with Crippen LogP contribution in [0.25, 0.3) is 0 Å². The smallest absolute Gasteiger partial charge is 0.0716 e. The van der Waals surface area contributed by atoms with Crippen LogP contribution >= 0.6 is 0 Å². The highest BCUT2D eigenvalue weighted by atomic mass is 16.3. The van der Waals surface area contributed by atoms with Gasteiger partial charge < -0.3 is 10.8 Å². The van der Waals surface area contributed by atoms with E-state index in [9.17, 15) is 0 Å². The van der Waals surface area contributed by atoms with Crippen molar-refractivity contribution in [2.45, 2.75) is 31.9 Å². The van der Waals surface area contributed by atoms with Crippen molar-refractivity contribution in [1.29, 1.82) is 0 Å². The minimum absolute atomic E-state index is 0.0394. The Labute approximate surface area is 49.7 Å². The molecule has 1 saturated carbocycles. The maximum atomic E-state index is 9.14. The summed E-state index contributed by atoms with van der Waals surface area (Å²) in [6.07, 6.45) is 2.10. The number of aliphatic hydroxyl groups excluding tert-OH is 1. The fraction of sp³-hybridized carbons (Fsp3) is 1.00. The SMILES string of the molecule is CC(N)[C@H](O)C1CC1. The summed E-state index contributed by atoms with van der Waals surface area (Å²) in [6, 6.07) is -0.0394. The van der Waals surface area contributed by atoms with Gasteiger partial charge in [0.2, 0.25) is 0 Å². The predicted molar refractivity (Wildman–Crippen MR) is 32.4 cm³/mol. The summed E-state index contributed by atoms with van der Waals surface area (Å²) in [7, 11) is 0. The number of hydrogen-bond donors (Lipinski definition) is 2. The van der Waals surface area contributed by atoms with Gasteiger partial charge in [-0.05, 0) is 25.7 Å². The van der Waals surface area contributed by atoms with E-state index in [0.717, 1.165) is 0 Å². The molecule has 1 aliphatic rings. The first-order valence-corrected chi connectivity index (χ1v) is 3.15. The largest absolute Gasteiger partial charge is 0.391 e. The zero-order chi connectivity index (χ0) is 6.15. The van der Waals surface area contributed by atoms with Crippen LogP contribution in [0.4, 0.5) is 0 Å². The second-order valence-electron chi connectivity index (χ2n) is 2.69. The Bertz CT molecular complexity index is 76.6. The zero-order valence-electron chi connectivity index (χ0n) is 5.17. The van der Waals surface area contributed by atoms with E-state index in [2.05, 4.69) is 0 Å². The molecule has 0 aromatic carbocycles. The average molecular weight is 115 g/mol. The quantitative estimate of drug-likeness (QED) is 0.536. The first kappa shape index (κ1) is 6.05. The minimum atomic E-state index is -0.241. The van der Waals surface area contributed by atoms with E-state index in [4.69, 9.17) is 10.8 Å². The molecular formula is C6H13NO. The molecule has 2 atom stereocenters. The highest BCUT2D eigenvalue weighted by molar-refractivity contribution is 4.85. The third kappa shape index (κ3) is 1.20. The molecule has 0 spiro atoms. The van der Waals surface area contributed by atoms with Gasteiger partial charge in [-0.15, -0.1) is 0 Å². The third-order valence-electron chi connectivity index (χ3n) is 1.64. The molecule has 1 fully saturated rings. The highest BCUT2D eigenvalue weighted by Crippen LogP contribution is 2.33. The summed E-state index contributed by atoms with van der Waals surface area (Å²) >= 11 is 0. The number of nitrogens with two attached hydrogens (primary N) is 1. The molecule has 0 aromatic rings. The van der Waals surface area contributed by atoms with Gasteiger partial charge in [-0.1, -0.05) is 0 Å². The lowest BCUT2D eigenvalue weighted by Crippen LogP contribution is -2.32. The lowest BCUT2D eigenvalue weighted by Gasteiger charge is -2.11. The maximum Gasteiger partial charge on any atom is 0.0716 e. The van der Waals surface area contributed by atoms with Crippen molar-refractivity contribution in [2.24, 2.45) is 11.7 Å². The lowest BCUT2D eigenvalue weighted by molar-refractivity contribution is 0.128. The molecule has 0 aromatic heterocycles. The molecule has 0 saturated heterocycles. The van der Waals surface area contributed by atoms with Crippen molar-refractivity contribution in [3.8, 4) is 0 Å². The van der Waals surface area contributed by atoms with Gasteiger partial charge in [0.1, 0.15) is 0 Å². The Morgan fingerprint density at radius 2 is 2.12 bits per heavy atom. The molecule has 2 heteroatoms. The summed E-state index contributed by atoms with van der Waals surface area (Å²) in [6.45, 7) is 1.85. The molecule has 0 amide bonds. The van der Waals surface area contributed by atoms with Crippen LogP contribution in [0, 0.1) is 5.92 Å². The van der Waals surface area contributed by atoms with Gasteiger partial charge in [0.05, 0.1) is 6.10 Å². The Kier molecular flexibility index (Phi) is 1.54. The van der Waals surface area contributed by atoms with Gasteiger partial charge in [-0.2, -0.15) is 0 Å². The van der Waals surface area contributed by atoms with Gasteiger partial charge in [0.15, 0.2) is 0 Å². The Hall–Kier alpha value is -0.0800. The van der Waals surface area contributed by atoms with Gasteiger partial charge in [-0.25, -0.2) is 0 Å². The Morgan fingerprint density at radius 1 is 1.62 bits per heavy atom. The summed E-state index contributed by atoms with van der Waals surface area (Å²) in [5.41, 5.74) is 5.43. The van der Waals surface area contributed by atoms with E-state index in [1.54, 1.807) is 0 Å². The van der Waals surface area contributed by atoms with Crippen molar-refractivity contribution < 1.29 is 5.11 Å². The number of hydrogen-bond acceptors (Lipinski definition) is 2. The molecule has 0 heterocycles. The van der Waals surface area contributed by atoms with Crippen LogP contribution < -0.4 is 5.73 Å². The number of rotatable bonds is 2. The van der Waals surface area contributed by atoms with Crippen molar-refractivity contribution >= 4 is 0 Å². The van der Waals surface area contributed by atoms with Crippen LogP contribution in [-0.4, -0.2) is 17.3 Å². The van der Waals surface area contributed by atoms with E-state index < -0.39 is 0 Å². The summed E-state index contributed by atoms with van der Waals surface area (Å²) < 4.78 is 0. The van der Waals surface area contributed by atoms with E-state index in [1.807, 2.05) is 6.92 Å². The Morgan fingerprint density at radius 3 is 2.25 bits per heavy atom. The molecule has 0 radical (unpaired) electrons. The molecule has 0 aliphatic heterocycles. The first-order chi connectivity index (χ1) is 3.72. The molecule has 0 bridgehead atoms. The normalized spacial score (nSPS) is 27.4. The third-order valence-corrected chi connectivity index (χ3v) is 1.64. The van der Waals surface area contributed by atoms with Gasteiger partial charge in [0.25, 0.3) is 0 Å². The Balaban J connectivity index is 2.22. The van der Waals surface area contributed by atoms with Crippen LogP contribution in [0.5, 0.6) is 0 Å². The van der Waals surface area contributed by atoms with Crippen LogP contribution in [0.15, 0.2) is 0 Å². The van der Waals surface area contributed by atoms with Crippen LogP contribution in [0.2, 0.25) is 0 Å². The van der Waals surface area contributed by atoms with Gasteiger partial charge in [-0.3, -0.25) is 0 Å². The second kappa shape index (κ2) is 2.03. The fourth-order valence-electron chi connectivity index (χ4n) is 0.867. The molecule has 1 rings (SSSR count). The van der Waals surface area contributed by atoms with Crippen molar-refractivity contribution in [3.05, 3.63) is 0 Å². The summed E-state index contributed by atoms with van der Waals surface area (Å²) in [4.78, 5) is 0. The lowest BCUT2D eigenvalue weighted by atomic mass is 10.1. The fourth-order valence-corrected chi connectivity index (χ4v) is 0.867. The predicted octanol–water partition coefficient (Wildman–Crippen LogP) is 0.104. The standard InChI is InChI=1S/C6H13NO/c1-4(7)6(8)5-2-3-5/h4-6,8H,2-3,7H2,1H3/t4?,6-/m0/s1. The number of aliphatic hydroxyl groups is 1. The molecule has 8 heavy (non-hydrogen) atoms. The van der Waals surface area contributed by atoms with E-state index in [-0.39, 0.29) is 12.1 Å². The summed E-state index contributed by atoms with van der Waals surface area (Å²) in [5, 5.41) is 9.14. The van der Waals surface area contributed by atoms with E-state index >= 15 is 0 Å². The van der Waals surface area contributed by atoms with Crippen molar-refractivity contribution in [2.75, 3.05) is 0 Å².